The Labute approximate surface area is 118 Å². The highest BCUT2D eigenvalue weighted by Gasteiger charge is 2.16. The molecule has 0 radical (unpaired) electrons. The number of hydrogen-bond donors (Lipinski definition) is 1. The quantitative estimate of drug-likeness (QED) is 0.662. The maximum absolute atomic E-state index is 11.6. The molecular formula is C15H19NO4. The number of hydrogen-bond acceptors (Lipinski definition) is 4. The molecule has 1 aliphatic carbocycles. The van der Waals surface area contributed by atoms with Gasteiger partial charge in [-0.25, -0.2) is 4.79 Å². The lowest BCUT2D eigenvalue weighted by Gasteiger charge is -2.22. The van der Waals surface area contributed by atoms with Gasteiger partial charge in [-0.05, 0) is 31.1 Å². The first-order chi connectivity index (χ1) is 9.74. The van der Waals surface area contributed by atoms with Gasteiger partial charge >= 0.3 is 5.97 Å². The molecule has 1 aromatic rings. The Balaban J connectivity index is 1.66. The number of nitrogens with one attached hydrogen (secondary N) is 1. The molecule has 1 heterocycles. The molecule has 2 rings (SSSR count). The van der Waals surface area contributed by atoms with E-state index in [0.29, 0.717) is 5.76 Å². The fourth-order valence-electron chi connectivity index (χ4n) is 2.24. The summed E-state index contributed by atoms with van der Waals surface area (Å²) in [5, 5.41) is 2.89. The van der Waals surface area contributed by atoms with E-state index in [1.54, 1.807) is 12.1 Å². The minimum absolute atomic E-state index is 0.230. The first kappa shape index (κ1) is 14.4. The number of rotatable bonds is 5. The van der Waals surface area contributed by atoms with Gasteiger partial charge in [0.1, 0.15) is 5.76 Å². The average molecular weight is 277 g/mol. The number of carbonyl (C=O) groups excluding carboxylic acids is 2. The summed E-state index contributed by atoms with van der Waals surface area (Å²) < 4.78 is 9.90. The van der Waals surface area contributed by atoms with Crippen LogP contribution in [-0.2, 0) is 14.3 Å². The van der Waals surface area contributed by atoms with E-state index in [0.717, 1.165) is 25.7 Å². The molecule has 0 aliphatic heterocycles. The SMILES string of the molecule is O=C(COC(=O)/C=C/c1ccco1)NC1CCCCC1. The van der Waals surface area contributed by atoms with Crippen molar-refractivity contribution in [1.82, 2.24) is 5.32 Å². The minimum atomic E-state index is -0.555. The molecule has 1 N–H and O–H groups in total. The van der Waals surface area contributed by atoms with Gasteiger partial charge < -0.3 is 14.5 Å². The maximum Gasteiger partial charge on any atom is 0.331 e. The van der Waals surface area contributed by atoms with Crippen LogP contribution in [0.25, 0.3) is 6.08 Å². The van der Waals surface area contributed by atoms with Gasteiger partial charge in [0, 0.05) is 12.1 Å². The van der Waals surface area contributed by atoms with E-state index in [1.807, 2.05) is 0 Å². The first-order valence-electron chi connectivity index (χ1n) is 6.92. The molecule has 108 valence electrons. The van der Waals surface area contributed by atoms with E-state index in [4.69, 9.17) is 9.15 Å². The van der Waals surface area contributed by atoms with Gasteiger partial charge in [0.05, 0.1) is 6.26 Å². The standard InChI is InChI=1S/C15H19NO4/c17-14(16-12-5-2-1-3-6-12)11-20-15(18)9-8-13-7-4-10-19-13/h4,7-10,12H,1-3,5-6,11H2,(H,16,17)/b9-8+. The average Bonchev–Trinajstić information content (AvgIpc) is 2.97. The predicted molar refractivity (Wildman–Crippen MR) is 73.7 cm³/mol. The number of amides is 1. The molecule has 0 saturated heterocycles. The van der Waals surface area contributed by atoms with Crippen molar-refractivity contribution in [2.24, 2.45) is 0 Å². The molecular weight excluding hydrogens is 258 g/mol. The maximum atomic E-state index is 11.6. The fourth-order valence-corrected chi connectivity index (χ4v) is 2.24. The first-order valence-corrected chi connectivity index (χ1v) is 6.92. The van der Waals surface area contributed by atoms with E-state index in [1.165, 1.54) is 24.8 Å². The van der Waals surface area contributed by atoms with Crippen LogP contribution in [0.4, 0.5) is 0 Å². The number of esters is 1. The second-order valence-corrected chi connectivity index (χ2v) is 4.86. The van der Waals surface area contributed by atoms with E-state index in [2.05, 4.69) is 5.32 Å². The zero-order valence-corrected chi connectivity index (χ0v) is 11.3. The Hall–Kier alpha value is -2.04. The molecule has 1 fully saturated rings. The van der Waals surface area contributed by atoms with Gasteiger partial charge in [-0.2, -0.15) is 0 Å². The summed E-state index contributed by atoms with van der Waals surface area (Å²) in [5.74, 6) is -0.231. The molecule has 0 unspecified atom stereocenters. The summed E-state index contributed by atoms with van der Waals surface area (Å²) in [6.07, 6.45) is 9.82. The van der Waals surface area contributed by atoms with Gasteiger partial charge in [0.15, 0.2) is 6.61 Å². The minimum Gasteiger partial charge on any atom is -0.465 e. The molecule has 0 atom stereocenters. The molecule has 0 aromatic carbocycles. The molecule has 1 aromatic heterocycles. The zero-order chi connectivity index (χ0) is 14.2. The number of ether oxygens (including phenoxy) is 1. The van der Waals surface area contributed by atoms with E-state index in [-0.39, 0.29) is 18.6 Å². The Morgan fingerprint density at radius 2 is 2.15 bits per heavy atom. The van der Waals surface area contributed by atoms with Gasteiger partial charge in [0.25, 0.3) is 5.91 Å². The lowest BCUT2D eigenvalue weighted by molar-refractivity contribution is -0.144. The van der Waals surface area contributed by atoms with E-state index in [9.17, 15) is 9.59 Å². The molecule has 5 heteroatoms. The van der Waals surface area contributed by atoms with E-state index >= 15 is 0 Å². The smallest absolute Gasteiger partial charge is 0.331 e. The van der Waals surface area contributed by atoms with Crippen molar-refractivity contribution in [2.45, 2.75) is 38.1 Å². The summed E-state index contributed by atoms with van der Waals surface area (Å²) >= 11 is 0. The van der Waals surface area contributed by atoms with Crippen molar-refractivity contribution in [1.29, 1.82) is 0 Å². The molecule has 0 spiro atoms. The zero-order valence-electron chi connectivity index (χ0n) is 11.3. The monoisotopic (exact) mass is 277 g/mol. The predicted octanol–water partition coefficient (Wildman–Crippen LogP) is 2.28. The number of carbonyl (C=O) groups is 2. The van der Waals surface area contributed by atoms with E-state index < -0.39 is 5.97 Å². The molecule has 1 amide bonds. The van der Waals surface area contributed by atoms with Crippen molar-refractivity contribution in [3.63, 3.8) is 0 Å². The van der Waals surface area contributed by atoms with Crippen molar-refractivity contribution in [2.75, 3.05) is 6.61 Å². The third-order valence-electron chi connectivity index (χ3n) is 3.24. The van der Waals surface area contributed by atoms with Gasteiger partial charge in [-0.3, -0.25) is 4.79 Å². The summed E-state index contributed by atoms with van der Waals surface area (Å²) in [5.41, 5.74) is 0. The van der Waals surface area contributed by atoms with Crippen LogP contribution in [0.15, 0.2) is 28.9 Å². The number of furan rings is 1. The van der Waals surface area contributed by atoms with Crippen molar-refractivity contribution >= 4 is 18.0 Å². The summed E-state index contributed by atoms with van der Waals surface area (Å²) in [4.78, 5) is 23.0. The molecule has 5 nitrogen and oxygen atoms in total. The highest BCUT2D eigenvalue weighted by atomic mass is 16.5. The lowest BCUT2D eigenvalue weighted by Crippen LogP contribution is -2.38. The van der Waals surface area contributed by atoms with Crippen LogP contribution in [0.3, 0.4) is 0 Å². The normalized spacial score (nSPS) is 16.2. The van der Waals surface area contributed by atoms with Gasteiger partial charge in [-0.1, -0.05) is 19.3 Å². The Morgan fingerprint density at radius 1 is 1.35 bits per heavy atom. The van der Waals surface area contributed by atoms with Crippen LogP contribution < -0.4 is 5.32 Å². The fraction of sp³-hybridized carbons (Fsp3) is 0.467. The second-order valence-electron chi connectivity index (χ2n) is 4.86. The summed E-state index contributed by atoms with van der Waals surface area (Å²) in [6, 6.07) is 3.68. The van der Waals surface area contributed by atoms with Crippen LogP contribution in [0.1, 0.15) is 37.9 Å². The van der Waals surface area contributed by atoms with Gasteiger partial charge in [0.2, 0.25) is 0 Å². The Morgan fingerprint density at radius 3 is 2.85 bits per heavy atom. The van der Waals surface area contributed by atoms with Crippen LogP contribution in [-0.4, -0.2) is 24.5 Å². The van der Waals surface area contributed by atoms with Gasteiger partial charge in [-0.15, -0.1) is 0 Å². The summed E-state index contributed by atoms with van der Waals surface area (Å²) in [6.45, 7) is -0.238. The van der Waals surface area contributed by atoms with Crippen molar-refractivity contribution < 1.29 is 18.7 Å². The third-order valence-corrected chi connectivity index (χ3v) is 3.24. The third kappa shape index (κ3) is 4.91. The summed E-state index contributed by atoms with van der Waals surface area (Å²) in [7, 11) is 0. The highest BCUT2D eigenvalue weighted by Crippen LogP contribution is 2.17. The van der Waals surface area contributed by atoms with Crippen molar-refractivity contribution in [3.05, 3.63) is 30.2 Å². The second kappa shape index (κ2) is 7.53. The van der Waals surface area contributed by atoms with Crippen LogP contribution >= 0.6 is 0 Å². The van der Waals surface area contributed by atoms with Crippen LogP contribution in [0, 0.1) is 0 Å². The lowest BCUT2D eigenvalue weighted by atomic mass is 9.95. The molecule has 0 bridgehead atoms. The van der Waals surface area contributed by atoms with Crippen LogP contribution in [0.5, 0.6) is 0 Å². The Bertz CT molecular complexity index is 458. The van der Waals surface area contributed by atoms with Crippen molar-refractivity contribution in [3.8, 4) is 0 Å². The highest BCUT2D eigenvalue weighted by molar-refractivity contribution is 5.88. The van der Waals surface area contributed by atoms with Crippen LogP contribution in [0.2, 0.25) is 0 Å². The molecule has 1 aliphatic rings. The molecule has 20 heavy (non-hydrogen) atoms. The largest absolute Gasteiger partial charge is 0.465 e. The molecule has 1 saturated carbocycles. The Kier molecular flexibility index (Phi) is 5.41. The topological polar surface area (TPSA) is 68.5 Å².